The fourth-order valence-corrected chi connectivity index (χ4v) is 3.25. The molecule has 2 atom stereocenters. The predicted molar refractivity (Wildman–Crippen MR) is 92.4 cm³/mol. The van der Waals surface area contributed by atoms with Crippen LogP contribution in [-0.2, 0) is 11.3 Å². The smallest absolute Gasteiger partial charge is 0.162 e. The van der Waals surface area contributed by atoms with Crippen LogP contribution in [0.3, 0.4) is 0 Å². The molecule has 24 heavy (non-hydrogen) atoms. The van der Waals surface area contributed by atoms with Gasteiger partial charge in [-0.05, 0) is 30.2 Å². The van der Waals surface area contributed by atoms with E-state index < -0.39 is 0 Å². The van der Waals surface area contributed by atoms with Crippen molar-refractivity contribution in [3.05, 3.63) is 59.7 Å². The van der Waals surface area contributed by atoms with Crippen molar-refractivity contribution in [1.82, 2.24) is 4.90 Å². The van der Waals surface area contributed by atoms with E-state index >= 15 is 0 Å². The number of benzene rings is 2. The summed E-state index contributed by atoms with van der Waals surface area (Å²) in [6, 6.07) is 17.0. The molecule has 0 spiro atoms. The Hall–Kier alpha value is -2.04. The van der Waals surface area contributed by atoms with Crippen LogP contribution in [-0.4, -0.2) is 37.3 Å². The van der Waals surface area contributed by atoms with Gasteiger partial charge >= 0.3 is 0 Å². The van der Waals surface area contributed by atoms with E-state index in [9.17, 15) is 0 Å². The van der Waals surface area contributed by atoms with Crippen LogP contribution in [0.1, 0.15) is 24.2 Å². The van der Waals surface area contributed by atoms with Gasteiger partial charge in [0, 0.05) is 19.1 Å². The summed E-state index contributed by atoms with van der Waals surface area (Å²) < 4.78 is 17.4. The Morgan fingerprint density at radius 2 is 1.79 bits per heavy atom. The van der Waals surface area contributed by atoms with Gasteiger partial charge in [0.15, 0.2) is 17.6 Å². The van der Waals surface area contributed by atoms with E-state index in [1.54, 1.807) is 0 Å². The zero-order valence-electron chi connectivity index (χ0n) is 14.0. The fourth-order valence-electron chi connectivity index (χ4n) is 3.25. The molecule has 2 aromatic rings. The van der Waals surface area contributed by atoms with E-state index in [-0.39, 0.29) is 6.10 Å². The highest BCUT2D eigenvalue weighted by atomic mass is 16.6. The highest BCUT2D eigenvalue weighted by Gasteiger charge is 2.23. The fraction of sp³-hybridized carbons (Fsp3) is 0.400. The lowest BCUT2D eigenvalue weighted by Crippen LogP contribution is -2.42. The van der Waals surface area contributed by atoms with Crippen LogP contribution in [0.25, 0.3) is 0 Å². The van der Waals surface area contributed by atoms with Gasteiger partial charge in [0.2, 0.25) is 0 Å². The molecule has 2 aromatic carbocycles. The number of hydrogen-bond donors (Lipinski definition) is 0. The summed E-state index contributed by atoms with van der Waals surface area (Å²) in [5.41, 5.74) is 2.48. The highest BCUT2D eigenvalue weighted by molar-refractivity contribution is 5.41. The quantitative estimate of drug-likeness (QED) is 0.865. The minimum atomic E-state index is -0.0451. The standard InChI is InChI=1S/C20H23NO3/c1-15-13-22-11-10-21(15)12-16-6-8-17(9-7-16)20-14-23-18-4-2-3-5-19(18)24-20/h2-9,15,20H,10-14H2,1H3. The van der Waals surface area contributed by atoms with Crippen LogP contribution in [0.2, 0.25) is 0 Å². The monoisotopic (exact) mass is 325 g/mol. The summed E-state index contributed by atoms with van der Waals surface area (Å²) in [6.07, 6.45) is -0.0451. The largest absolute Gasteiger partial charge is 0.485 e. The topological polar surface area (TPSA) is 30.9 Å². The molecule has 4 nitrogen and oxygen atoms in total. The van der Waals surface area contributed by atoms with Crippen LogP contribution in [0.15, 0.2) is 48.5 Å². The molecule has 2 aliphatic heterocycles. The lowest BCUT2D eigenvalue weighted by atomic mass is 10.1. The van der Waals surface area contributed by atoms with Crippen LogP contribution in [0, 0.1) is 0 Å². The Morgan fingerprint density at radius 3 is 2.58 bits per heavy atom. The van der Waals surface area contributed by atoms with Crippen molar-refractivity contribution in [2.24, 2.45) is 0 Å². The van der Waals surface area contributed by atoms with E-state index in [1.807, 2.05) is 24.3 Å². The lowest BCUT2D eigenvalue weighted by Gasteiger charge is -2.33. The molecular weight excluding hydrogens is 302 g/mol. The Kier molecular flexibility index (Phi) is 4.41. The molecule has 0 N–H and O–H groups in total. The van der Waals surface area contributed by atoms with E-state index in [1.165, 1.54) is 5.56 Å². The molecule has 2 aliphatic rings. The van der Waals surface area contributed by atoms with E-state index in [0.717, 1.165) is 43.4 Å². The van der Waals surface area contributed by atoms with Gasteiger partial charge < -0.3 is 14.2 Å². The normalized spacial score (nSPS) is 23.9. The summed E-state index contributed by atoms with van der Waals surface area (Å²) in [4.78, 5) is 2.47. The summed E-state index contributed by atoms with van der Waals surface area (Å²) in [5, 5.41) is 0. The molecule has 0 aromatic heterocycles. The van der Waals surface area contributed by atoms with E-state index in [2.05, 4.69) is 36.1 Å². The third-order valence-corrected chi connectivity index (χ3v) is 4.75. The van der Waals surface area contributed by atoms with Gasteiger partial charge in [-0.3, -0.25) is 4.90 Å². The number of nitrogens with zero attached hydrogens (tertiary/aromatic N) is 1. The molecule has 0 aliphatic carbocycles. The van der Waals surface area contributed by atoms with Gasteiger partial charge in [-0.1, -0.05) is 36.4 Å². The van der Waals surface area contributed by atoms with Gasteiger partial charge in [0.1, 0.15) is 6.61 Å². The average molecular weight is 325 g/mol. The number of para-hydroxylation sites is 2. The van der Waals surface area contributed by atoms with Crippen molar-refractivity contribution >= 4 is 0 Å². The van der Waals surface area contributed by atoms with Gasteiger partial charge in [0.25, 0.3) is 0 Å². The molecular formula is C20H23NO3. The first kappa shape index (κ1) is 15.5. The van der Waals surface area contributed by atoms with Gasteiger partial charge in [0.05, 0.1) is 13.2 Å². The molecule has 0 amide bonds. The zero-order chi connectivity index (χ0) is 16.4. The van der Waals surface area contributed by atoms with Crippen molar-refractivity contribution in [2.45, 2.75) is 25.6 Å². The van der Waals surface area contributed by atoms with Crippen molar-refractivity contribution in [1.29, 1.82) is 0 Å². The average Bonchev–Trinajstić information content (AvgIpc) is 2.64. The van der Waals surface area contributed by atoms with Crippen LogP contribution < -0.4 is 9.47 Å². The van der Waals surface area contributed by atoms with Crippen molar-refractivity contribution in [3.63, 3.8) is 0 Å². The second-order valence-electron chi connectivity index (χ2n) is 6.50. The maximum absolute atomic E-state index is 6.07. The lowest BCUT2D eigenvalue weighted by molar-refractivity contribution is -0.00437. The maximum Gasteiger partial charge on any atom is 0.162 e. The molecule has 1 fully saturated rings. The maximum atomic E-state index is 6.07. The number of ether oxygens (including phenoxy) is 3. The third kappa shape index (κ3) is 3.25. The first-order chi connectivity index (χ1) is 11.8. The Bertz CT molecular complexity index is 686. The predicted octanol–water partition coefficient (Wildman–Crippen LogP) is 3.42. The number of morpholine rings is 1. The zero-order valence-corrected chi connectivity index (χ0v) is 14.0. The molecule has 0 radical (unpaired) electrons. The first-order valence-electron chi connectivity index (χ1n) is 8.59. The summed E-state index contributed by atoms with van der Waals surface area (Å²) in [5.74, 6) is 1.65. The second-order valence-corrected chi connectivity index (χ2v) is 6.50. The molecule has 126 valence electrons. The Morgan fingerprint density at radius 1 is 1.00 bits per heavy atom. The Balaban J connectivity index is 1.43. The van der Waals surface area contributed by atoms with Crippen LogP contribution >= 0.6 is 0 Å². The summed E-state index contributed by atoms with van der Waals surface area (Å²) in [6.45, 7) is 6.39. The van der Waals surface area contributed by atoms with Crippen LogP contribution in [0.4, 0.5) is 0 Å². The van der Waals surface area contributed by atoms with Crippen molar-refractivity contribution in [2.75, 3.05) is 26.4 Å². The van der Waals surface area contributed by atoms with Gasteiger partial charge in [-0.2, -0.15) is 0 Å². The molecule has 1 saturated heterocycles. The summed E-state index contributed by atoms with van der Waals surface area (Å²) in [7, 11) is 0. The highest BCUT2D eigenvalue weighted by Crippen LogP contribution is 2.35. The number of hydrogen-bond acceptors (Lipinski definition) is 4. The van der Waals surface area contributed by atoms with Gasteiger partial charge in [-0.25, -0.2) is 0 Å². The third-order valence-electron chi connectivity index (χ3n) is 4.75. The summed E-state index contributed by atoms with van der Waals surface area (Å²) >= 11 is 0. The number of fused-ring (bicyclic) bond motifs is 1. The molecule has 0 saturated carbocycles. The number of rotatable bonds is 3. The second kappa shape index (κ2) is 6.83. The molecule has 4 rings (SSSR count). The minimum absolute atomic E-state index is 0.0451. The van der Waals surface area contributed by atoms with E-state index in [0.29, 0.717) is 12.6 Å². The molecule has 0 bridgehead atoms. The molecule has 2 unspecified atom stereocenters. The first-order valence-corrected chi connectivity index (χ1v) is 8.59. The molecule has 4 heteroatoms. The Labute approximate surface area is 142 Å². The molecule has 2 heterocycles. The minimum Gasteiger partial charge on any atom is -0.485 e. The van der Waals surface area contributed by atoms with Crippen molar-refractivity contribution < 1.29 is 14.2 Å². The van der Waals surface area contributed by atoms with E-state index in [4.69, 9.17) is 14.2 Å². The van der Waals surface area contributed by atoms with Crippen molar-refractivity contribution in [3.8, 4) is 11.5 Å². The SMILES string of the molecule is CC1COCCN1Cc1ccc(C2COc3ccccc3O2)cc1. The van der Waals surface area contributed by atoms with Crippen LogP contribution in [0.5, 0.6) is 11.5 Å². The van der Waals surface area contributed by atoms with Gasteiger partial charge in [-0.15, -0.1) is 0 Å².